The Bertz CT molecular complexity index is 558. The summed E-state index contributed by atoms with van der Waals surface area (Å²) in [4.78, 5) is 8.82. The summed E-state index contributed by atoms with van der Waals surface area (Å²) in [7, 11) is 0. The summed E-state index contributed by atoms with van der Waals surface area (Å²) >= 11 is 0. The third-order valence-corrected chi connectivity index (χ3v) is 3.74. The molecule has 2 aromatic rings. The Kier molecular flexibility index (Phi) is 4.46. The molecule has 1 aliphatic rings. The van der Waals surface area contributed by atoms with Crippen molar-refractivity contribution in [3.63, 3.8) is 0 Å². The van der Waals surface area contributed by atoms with Gasteiger partial charge in [0.1, 0.15) is 6.10 Å². The van der Waals surface area contributed by atoms with Gasteiger partial charge in [0, 0.05) is 12.1 Å². The zero-order valence-corrected chi connectivity index (χ0v) is 12.4. The summed E-state index contributed by atoms with van der Waals surface area (Å²) in [6, 6.07) is 8.22. The quantitative estimate of drug-likeness (QED) is 0.940. The van der Waals surface area contributed by atoms with Gasteiger partial charge in [-0.15, -0.1) is 0 Å². The largest absolute Gasteiger partial charge is 0.486 e. The molecule has 1 aromatic heterocycles. The van der Waals surface area contributed by atoms with E-state index in [4.69, 9.17) is 4.74 Å². The minimum absolute atomic E-state index is 0.223. The maximum Gasteiger partial charge on any atom is 0.159 e. The zero-order chi connectivity index (χ0) is 14.5. The third kappa shape index (κ3) is 3.79. The molecule has 4 heteroatoms. The summed E-state index contributed by atoms with van der Waals surface area (Å²) < 4.78 is 5.96. The van der Waals surface area contributed by atoms with Crippen molar-refractivity contribution >= 4 is 0 Å². The van der Waals surface area contributed by atoms with Crippen molar-refractivity contribution < 1.29 is 4.74 Å². The summed E-state index contributed by atoms with van der Waals surface area (Å²) in [6.45, 7) is 4.06. The Labute approximate surface area is 125 Å². The first kappa shape index (κ1) is 14.0. The fraction of sp³-hybridized carbons (Fsp3) is 0.412. The van der Waals surface area contributed by atoms with E-state index in [2.05, 4.69) is 34.3 Å². The SMILES string of the molecule is Cc1ccc(-c2ncc(OC3CCCCNC3)cn2)cc1. The topological polar surface area (TPSA) is 47.0 Å². The van der Waals surface area contributed by atoms with Gasteiger partial charge < -0.3 is 10.1 Å². The minimum atomic E-state index is 0.223. The van der Waals surface area contributed by atoms with E-state index in [1.165, 1.54) is 18.4 Å². The number of hydrogen-bond donors (Lipinski definition) is 1. The van der Waals surface area contributed by atoms with Crippen LogP contribution in [0.3, 0.4) is 0 Å². The average Bonchev–Trinajstić information content (AvgIpc) is 2.78. The standard InChI is InChI=1S/C17H21N3O/c1-13-5-7-14(8-6-13)17-19-11-16(12-20-17)21-15-4-2-3-9-18-10-15/h5-8,11-12,15,18H,2-4,9-10H2,1H3. The molecule has 0 radical (unpaired) electrons. The number of ether oxygens (including phenoxy) is 1. The highest BCUT2D eigenvalue weighted by Crippen LogP contribution is 2.19. The van der Waals surface area contributed by atoms with Crippen LogP contribution < -0.4 is 10.1 Å². The second kappa shape index (κ2) is 6.68. The van der Waals surface area contributed by atoms with E-state index in [9.17, 15) is 0 Å². The van der Waals surface area contributed by atoms with Crippen molar-refractivity contribution in [3.05, 3.63) is 42.2 Å². The first-order valence-electron chi connectivity index (χ1n) is 7.58. The molecule has 1 fully saturated rings. The van der Waals surface area contributed by atoms with E-state index in [0.29, 0.717) is 0 Å². The number of hydrogen-bond acceptors (Lipinski definition) is 4. The second-order valence-electron chi connectivity index (χ2n) is 5.55. The van der Waals surface area contributed by atoms with Crippen LogP contribution in [0.2, 0.25) is 0 Å². The number of rotatable bonds is 3. The molecule has 1 aromatic carbocycles. The molecule has 1 atom stereocenters. The molecule has 0 aliphatic carbocycles. The number of nitrogens with zero attached hydrogens (tertiary/aromatic N) is 2. The number of aryl methyl sites for hydroxylation is 1. The van der Waals surface area contributed by atoms with Crippen molar-refractivity contribution in [2.75, 3.05) is 13.1 Å². The molecule has 1 N–H and O–H groups in total. The van der Waals surface area contributed by atoms with Crippen molar-refractivity contribution in [1.29, 1.82) is 0 Å². The van der Waals surface area contributed by atoms with E-state index >= 15 is 0 Å². The summed E-state index contributed by atoms with van der Waals surface area (Å²) in [6.07, 6.45) is 7.29. The van der Waals surface area contributed by atoms with Gasteiger partial charge in [-0.05, 0) is 32.7 Å². The summed E-state index contributed by atoms with van der Waals surface area (Å²) in [5, 5.41) is 3.39. The third-order valence-electron chi connectivity index (χ3n) is 3.74. The van der Waals surface area contributed by atoms with Gasteiger partial charge >= 0.3 is 0 Å². The maximum atomic E-state index is 5.96. The molecular formula is C17H21N3O. The fourth-order valence-electron chi connectivity index (χ4n) is 2.51. The van der Waals surface area contributed by atoms with Gasteiger partial charge in [-0.1, -0.05) is 29.8 Å². The van der Waals surface area contributed by atoms with Gasteiger partial charge in [0.15, 0.2) is 11.6 Å². The molecule has 21 heavy (non-hydrogen) atoms. The van der Waals surface area contributed by atoms with Gasteiger partial charge in [0.2, 0.25) is 0 Å². The Morgan fingerprint density at radius 3 is 2.62 bits per heavy atom. The first-order valence-corrected chi connectivity index (χ1v) is 7.58. The average molecular weight is 283 g/mol. The number of benzene rings is 1. The lowest BCUT2D eigenvalue weighted by molar-refractivity contribution is 0.193. The predicted octanol–water partition coefficient (Wildman–Crippen LogP) is 2.97. The molecule has 1 unspecified atom stereocenters. The van der Waals surface area contributed by atoms with E-state index in [-0.39, 0.29) is 6.10 Å². The van der Waals surface area contributed by atoms with Gasteiger partial charge in [-0.3, -0.25) is 0 Å². The molecule has 1 saturated heterocycles. The molecule has 0 bridgehead atoms. The van der Waals surface area contributed by atoms with E-state index < -0.39 is 0 Å². The van der Waals surface area contributed by atoms with Crippen LogP contribution in [0, 0.1) is 6.92 Å². The van der Waals surface area contributed by atoms with Gasteiger partial charge in [0.05, 0.1) is 12.4 Å². The van der Waals surface area contributed by atoms with Crippen LogP contribution in [0.15, 0.2) is 36.7 Å². The van der Waals surface area contributed by atoms with Crippen LogP contribution in [-0.4, -0.2) is 29.2 Å². The molecule has 1 aliphatic heterocycles. The van der Waals surface area contributed by atoms with Crippen molar-refractivity contribution in [1.82, 2.24) is 15.3 Å². The van der Waals surface area contributed by atoms with Crippen LogP contribution in [0.4, 0.5) is 0 Å². The fourth-order valence-corrected chi connectivity index (χ4v) is 2.51. The predicted molar refractivity (Wildman–Crippen MR) is 83.3 cm³/mol. The molecular weight excluding hydrogens is 262 g/mol. The lowest BCUT2D eigenvalue weighted by Gasteiger charge is -2.16. The highest BCUT2D eigenvalue weighted by atomic mass is 16.5. The van der Waals surface area contributed by atoms with Gasteiger partial charge in [-0.2, -0.15) is 0 Å². The minimum Gasteiger partial charge on any atom is -0.486 e. The second-order valence-corrected chi connectivity index (χ2v) is 5.55. The maximum absolute atomic E-state index is 5.96. The van der Waals surface area contributed by atoms with E-state index in [1.54, 1.807) is 12.4 Å². The van der Waals surface area contributed by atoms with Crippen molar-refractivity contribution in [2.45, 2.75) is 32.3 Å². The molecule has 110 valence electrons. The monoisotopic (exact) mass is 283 g/mol. The Morgan fingerprint density at radius 1 is 1.10 bits per heavy atom. The molecule has 3 rings (SSSR count). The van der Waals surface area contributed by atoms with Crippen LogP contribution in [-0.2, 0) is 0 Å². The molecule has 0 spiro atoms. The Balaban J connectivity index is 1.67. The highest BCUT2D eigenvalue weighted by Gasteiger charge is 2.13. The first-order chi connectivity index (χ1) is 10.3. The molecule has 0 saturated carbocycles. The van der Waals surface area contributed by atoms with Crippen molar-refractivity contribution in [3.8, 4) is 17.1 Å². The van der Waals surface area contributed by atoms with E-state index in [1.807, 2.05) is 12.1 Å². The van der Waals surface area contributed by atoms with Crippen LogP contribution >= 0.6 is 0 Å². The van der Waals surface area contributed by atoms with Crippen LogP contribution in [0.1, 0.15) is 24.8 Å². The van der Waals surface area contributed by atoms with Crippen LogP contribution in [0.5, 0.6) is 5.75 Å². The van der Waals surface area contributed by atoms with Gasteiger partial charge in [0.25, 0.3) is 0 Å². The zero-order valence-electron chi connectivity index (χ0n) is 12.4. The lowest BCUT2D eigenvalue weighted by atomic mass is 10.1. The lowest BCUT2D eigenvalue weighted by Crippen LogP contribution is -2.29. The number of aromatic nitrogens is 2. The van der Waals surface area contributed by atoms with Gasteiger partial charge in [-0.25, -0.2) is 9.97 Å². The highest BCUT2D eigenvalue weighted by molar-refractivity contribution is 5.55. The van der Waals surface area contributed by atoms with Crippen molar-refractivity contribution in [2.24, 2.45) is 0 Å². The Hall–Kier alpha value is -1.94. The normalized spacial score (nSPS) is 19.0. The number of nitrogens with one attached hydrogen (secondary N) is 1. The smallest absolute Gasteiger partial charge is 0.159 e. The van der Waals surface area contributed by atoms with E-state index in [0.717, 1.165) is 36.6 Å². The summed E-state index contributed by atoms with van der Waals surface area (Å²) in [5.41, 5.74) is 2.27. The molecule has 4 nitrogen and oxygen atoms in total. The Morgan fingerprint density at radius 2 is 1.86 bits per heavy atom. The molecule has 0 amide bonds. The molecule has 2 heterocycles. The van der Waals surface area contributed by atoms with Crippen LogP contribution in [0.25, 0.3) is 11.4 Å². The summed E-state index contributed by atoms with van der Waals surface area (Å²) in [5.74, 6) is 1.49.